The minimum Gasteiger partial charge on any atom is -0.260 e. The predicted octanol–water partition coefficient (Wildman–Crippen LogP) is 1.88. The molecule has 2 heterocycles. The average Bonchev–Trinajstić information content (AvgIpc) is 2.36. The van der Waals surface area contributed by atoms with Gasteiger partial charge < -0.3 is 0 Å². The number of halogens is 1. The van der Waals surface area contributed by atoms with Gasteiger partial charge in [0.1, 0.15) is 5.15 Å². The van der Waals surface area contributed by atoms with Gasteiger partial charge in [0.15, 0.2) is 0 Å². The van der Waals surface area contributed by atoms with E-state index in [-0.39, 0.29) is 6.04 Å². The lowest BCUT2D eigenvalue weighted by Crippen LogP contribution is -2.43. The second-order valence-electron chi connectivity index (χ2n) is 4.90. The molecule has 0 N–H and O–H groups in total. The first-order valence-electron chi connectivity index (χ1n) is 6.40. The van der Waals surface area contributed by atoms with E-state index < -0.39 is 10.0 Å². The molecule has 1 atom stereocenters. The fourth-order valence-electron chi connectivity index (χ4n) is 2.51. The lowest BCUT2D eigenvalue weighted by atomic mass is 10.00. The molecule has 1 aliphatic rings. The Kier molecular flexibility index (Phi) is 4.76. The highest BCUT2D eigenvalue weighted by Crippen LogP contribution is 2.23. The van der Waals surface area contributed by atoms with E-state index in [1.54, 1.807) is 10.5 Å². The number of aryl methyl sites for hydroxylation is 1. The van der Waals surface area contributed by atoms with Gasteiger partial charge in [-0.15, -0.1) is 0 Å². The number of nitrogens with zero attached hydrogens (tertiary/aromatic N) is 3. The molecule has 1 aliphatic heterocycles. The molecule has 0 bridgehead atoms. The zero-order valence-electron chi connectivity index (χ0n) is 10.9. The van der Waals surface area contributed by atoms with Crippen molar-refractivity contribution in [2.24, 2.45) is 0 Å². The predicted molar refractivity (Wildman–Crippen MR) is 74.6 cm³/mol. The largest absolute Gasteiger partial charge is 0.260 e. The van der Waals surface area contributed by atoms with Crippen LogP contribution in [0.4, 0.5) is 0 Å². The van der Waals surface area contributed by atoms with Crippen molar-refractivity contribution in [2.75, 3.05) is 12.8 Å². The highest BCUT2D eigenvalue weighted by molar-refractivity contribution is 7.88. The van der Waals surface area contributed by atoms with Crippen molar-refractivity contribution in [3.05, 3.63) is 23.2 Å². The van der Waals surface area contributed by atoms with Gasteiger partial charge in [-0.1, -0.05) is 18.0 Å². The summed E-state index contributed by atoms with van der Waals surface area (Å²) in [6, 6.07) is 0.0736. The normalized spacial score (nSPS) is 21.5. The van der Waals surface area contributed by atoms with Crippen LogP contribution in [0.1, 0.15) is 31.4 Å². The zero-order chi connectivity index (χ0) is 13.9. The van der Waals surface area contributed by atoms with Crippen molar-refractivity contribution in [3.63, 3.8) is 0 Å². The van der Waals surface area contributed by atoms with E-state index >= 15 is 0 Å². The molecule has 0 saturated carbocycles. The number of hydrogen-bond acceptors (Lipinski definition) is 4. The minimum atomic E-state index is -3.12. The Balaban J connectivity index is 2.01. The molecule has 1 unspecified atom stereocenters. The fraction of sp³-hybridized carbons (Fsp3) is 0.667. The van der Waals surface area contributed by atoms with Crippen molar-refractivity contribution in [2.45, 2.75) is 38.1 Å². The lowest BCUT2D eigenvalue weighted by molar-refractivity contribution is 0.242. The van der Waals surface area contributed by atoms with Gasteiger partial charge in [-0.2, -0.15) is 4.31 Å². The van der Waals surface area contributed by atoms with Crippen LogP contribution in [0.5, 0.6) is 0 Å². The SMILES string of the molecule is CS(=O)(=O)N1CCCCC1CCc1cncc(Cl)n1. The minimum absolute atomic E-state index is 0.0736. The van der Waals surface area contributed by atoms with Crippen LogP contribution in [0.15, 0.2) is 12.4 Å². The van der Waals surface area contributed by atoms with Crippen LogP contribution in [0.3, 0.4) is 0 Å². The summed E-state index contributed by atoms with van der Waals surface area (Å²) in [6.45, 7) is 0.630. The van der Waals surface area contributed by atoms with Crippen molar-refractivity contribution in [1.82, 2.24) is 14.3 Å². The maximum absolute atomic E-state index is 11.7. The van der Waals surface area contributed by atoms with E-state index in [9.17, 15) is 8.42 Å². The van der Waals surface area contributed by atoms with Crippen molar-refractivity contribution < 1.29 is 8.42 Å². The third kappa shape index (κ3) is 4.12. The Labute approximate surface area is 119 Å². The Morgan fingerprint density at radius 3 is 2.89 bits per heavy atom. The van der Waals surface area contributed by atoms with E-state index in [1.807, 2.05) is 0 Å². The molecule has 0 spiro atoms. The van der Waals surface area contributed by atoms with Crippen LogP contribution in [0.2, 0.25) is 5.15 Å². The van der Waals surface area contributed by atoms with Crippen LogP contribution < -0.4 is 0 Å². The number of sulfonamides is 1. The molecule has 1 aromatic heterocycles. The Hall–Kier alpha value is -0.720. The van der Waals surface area contributed by atoms with E-state index in [4.69, 9.17) is 11.6 Å². The second-order valence-corrected chi connectivity index (χ2v) is 7.22. The van der Waals surface area contributed by atoms with E-state index in [0.29, 0.717) is 18.1 Å². The van der Waals surface area contributed by atoms with Gasteiger partial charge in [-0.3, -0.25) is 4.98 Å². The molecular weight excluding hydrogens is 286 g/mol. The van der Waals surface area contributed by atoms with Crippen molar-refractivity contribution in [3.8, 4) is 0 Å². The summed E-state index contributed by atoms with van der Waals surface area (Å²) in [6.07, 6.45) is 8.87. The molecule has 106 valence electrons. The standard InChI is InChI=1S/C12H18ClN3O2S/c1-19(17,18)16-7-3-2-4-11(16)6-5-10-8-14-9-12(13)15-10/h8-9,11H,2-7H2,1H3. The summed E-state index contributed by atoms with van der Waals surface area (Å²) in [7, 11) is -3.12. The molecule has 1 aromatic rings. The summed E-state index contributed by atoms with van der Waals surface area (Å²) < 4.78 is 25.1. The Morgan fingerprint density at radius 2 is 2.21 bits per heavy atom. The first-order valence-corrected chi connectivity index (χ1v) is 8.62. The first-order chi connectivity index (χ1) is 8.97. The Bertz CT molecular complexity index is 536. The Morgan fingerprint density at radius 1 is 1.42 bits per heavy atom. The van der Waals surface area contributed by atoms with Gasteiger partial charge in [0, 0.05) is 18.8 Å². The van der Waals surface area contributed by atoms with Gasteiger partial charge in [0.05, 0.1) is 18.1 Å². The van der Waals surface area contributed by atoms with Crippen LogP contribution in [0, 0.1) is 0 Å². The molecule has 0 radical (unpaired) electrons. The van der Waals surface area contributed by atoms with Crippen molar-refractivity contribution in [1.29, 1.82) is 0 Å². The third-order valence-corrected chi connectivity index (χ3v) is 4.90. The number of aromatic nitrogens is 2. The first kappa shape index (κ1) is 14.7. The summed E-state index contributed by atoms with van der Waals surface area (Å²) in [5, 5.41) is 0.376. The van der Waals surface area contributed by atoms with E-state index in [1.165, 1.54) is 12.5 Å². The summed E-state index contributed by atoms with van der Waals surface area (Å²) >= 11 is 5.79. The maximum Gasteiger partial charge on any atom is 0.211 e. The van der Waals surface area contributed by atoms with E-state index in [0.717, 1.165) is 31.4 Å². The van der Waals surface area contributed by atoms with Gasteiger partial charge in [0.25, 0.3) is 0 Å². The van der Waals surface area contributed by atoms with Crippen LogP contribution in [-0.2, 0) is 16.4 Å². The third-order valence-electron chi connectivity index (χ3n) is 3.39. The lowest BCUT2D eigenvalue weighted by Gasteiger charge is -2.33. The summed E-state index contributed by atoms with van der Waals surface area (Å²) in [5.74, 6) is 0. The van der Waals surface area contributed by atoms with Crippen LogP contribution in [0.25, 0.3) is 0 Å². The quantitative estimate of drug-likeness (QED) is 0.852. The topological polar surface area (TPSA) is 63.2 Å². The highest BCUT2D eigenvalue weighted by Gasteiger charge is 2.28. The maximum atomic E-state index is 11.7. The average molecular weight is 304 g/mol. The summed E-state index contributed by atoms with van der Waals surface area (Å²) in [4.78, 5) is 8.17. The molecule has 19 heavy (non-hydrogen) atoms. The van der Waals surface area contributed by atoms with Gasteiger partial charge in [0.2, 0.25) is 10.0 Å². The fourth-order valence-corrected chi connectivity index (χ4v) is 3.89. The molecule has 0 aliphatic carbocycles. The molecule has 1 fully saturated rings. The molecule has 2 rings (SSSR count). The second kappa shape index (κ2) is 6.15. The van der Waals surface area contributed by atoms with E-state index in [2.05, 4.69) is 9.97 Å². The number of rotatable bonds is 4. The smallest absolute Gasteiger partial charge is 0.211 e. The number of piperidine rings is 1. The van der Waals surface area contributed by atoms with Gasteiger partial charge in [-0.05, 0) is 25.7 Å². The molecule has 0 amide bonds. The molecular formula is C12H18ClN3O2S. The molecule has 1 saturated heterocycles. The van der Waals surface area contributed by atoms with Gasteiger partial charge in [-0.25, -0.2) is 13.4 Å². The highest BCUT2D eigenvalue weighted by atomic mass is 35.5. The molecule has 7 heteroatoms. The van der Waals surface area contributed by atoms with Crippen LogP contribution in [-0.4, -0.2) is 41.5 Å². The molecule has 0 aromatic carbocycles. The summed E-state index contributed by atoms with van der Waals surface area (Å²) in [5.41, 5.74) is 0.812. The van der Waals surface area contributed by atoms with Gasteiger partial charge >= 0.3 is 0 Å². The molecule has 5 nitrogen and oxygen atoms in total. The van der Waals surface area contributed by atoms with Crippen molar-refractivity contribution >= 4 is 21.6 Å². The number of hydrogen-bond donors (Lipinski definition) is 0. The zero-order valence-corrected chi connectivity index (χ0v) is 12.5. The monoisotopic (exact) mass is 303 g/mol. The van der Waals surface area contributed by atoms with Crippen LogP contribution >= 0.6 is 11.6 Å².